The number of nitrogens with two attached hydrogens (primary N) is 1. The maximum Gasteiger partial charge on any atom is 0.0226 e. The van der Waals surface area contributed by atoms with Crippen molar-refractivity contribution in [1.82, 2.24) is 9.80 Å². The van der Waals surface area contributed by atoms with Crippen molar-refractivity contribution in [2.24, 2.45) is 5.73 Å². The van der Waals surface area contributed by atoms with E-state index in [1.807, 2.05) is 0 Å². The molecule has 1 saturated heterocycles. The predicted molar refractivity (Wildman–Crippen MR) is 61.4 cm³/mol. The van der Waals surface area contributed by atoms with Crippen LogP contribution in [0.5, 0.6) is 0 Å². The largest absolute Gasteiger partial charge is 0.324 e. The minimum absolute atomic E-state index is 0.0786. The highest BCUT2D eigenvalue weighted by atomic mass is 15.2. The van der Waals surface area contributed by atoms with Gasteiger partial charge in [0, 0.05) is 24.7 Å². The van der Waals surface area contributed by atoms with Gasteiger partial charge in [0.1, 0.15) is 0 Å². The predicted octanol–water partition coefficient (Wildman–Crippen LogP) is 0.750. The van der Waals surface area contributed by atoms with Crippen LogP contribution in [0.1, 0.15) is 26.7 Å². The zero-order valence-electron chi connectivity index (χ0n) is 10.1. The molecular weight excluding hydrogens is 174 g/mol. The maximum absolute atomic E-state index is 6.02. The Bertz CT molecular complexity index is 174. The Kier molecular flexibility index (Phi) is 3.93. The van der Waals surface area contributed by atoms with Crippen molar-refractivity contribution in [3.05, 3.63) is 0 Å². The van der Waals surface area contributed by atoms with E-state index in [0.717, 1.165) is 6.54 Å². The second-order valence-electron chi connectivity index (χ2n) is 5.46. The van der Waals surface area contributed by atoms with E-state index in [2.05, 4.69) is 37.7 Å². The Morgan fingerprint density at radius 3 is 2.64 bits per heavy atom. The van der Waals surface area contributed by atoms with Crippen LogP contribution >= 0.6 is 0 Å². The zero-order valence-corrected chi connectivity index (χ0v) is 10.1. The molecule has 0 aromatic rings. The molecule has 14 heavy (non-hydrogen) atoms. The molecular formula is C11H25N3. The second-order valence-corrected chi connectivity index (χ2v) is 5.46. The molecule has 3 heteroatoms. The van der Waals surface area contributed by atoms with Crippen molar-refractivity contribution in [3.8, 4) is 0 Å². The van der Waals surface area contributed by atoms with E-state index in [-0.39, 0.29) is 5.54 Å². The van der Waals surface area contributed by atoms with Crippen molar-refractivity contribution >= 4 is 0 Å². The van der Waals surface area contributed by atoms with Crippen molar-refractivity contribution in [1.29, 1.82) is 0 Å². The topological polar surface area (TPSA) is 32.5 Å². The first kappa shape index (κ1) is 12.0. The lowest BCUT2D eigenvalue weighted by molar-refractivity contribution is 0.119. The summed E-state index contributed by atoms with van der Waals surface area (Å²) in [5.41, 5.74) is 5.94. The molecule has 0 saturated carbocycles. The van der Waals surface area contributed by atoms with Crippen molar-refractivity contribution in [3.63, 3.8) is 0 Å². The number of likely N-dealkylation sites (N-methyl/N-ethyl adjacent to an activating group) is 2. The number of piperidine rings is 1. The quantitative estimate of drug-likeness (QED) is 0.728. The summed E-state index contributed by atoms with van der Waals surface area (Å²) in [6.45, 7) is 7.60. The third kappa shape index (κ3) is 3.95. The Morgan fingerprint density at radius 2 is 2.14 bits per heavy atom. The van der Waals surface area contributed by atoms with Crippen LogP contribution in [-0.2, 0) is 0 Å². The minimum atomic E-state index is -0.0786. The van der Waals surface area contributed by atoms with Gasteiger partial charge in [-0.15, -0.1) is 0 Å². The third-order valence-corrected chi connectivity index (χ3v) is 2.88. The summed E-state index contributed by atoms with van der Waals surface area (Å²) >= 11 is 0. The summed E-state index contributed by atoms with van der Waals surface area (Å²) in [7, 11) is 4.39. The molecule has 0 amide bonds. The molecule has 1 unspecified atom stereocenters. The second kappa shape index (κ2) is 4.60. The fourth-order valence-electron chi connectivity index (χ4n) is 2.27. The average molecular weight is 199 g/mol. The SMILES string of the molecule is CN1CCCC(N(C)CC(C)(C)N)C1. The molecule has 1 aliphatic heterocycles. The van der Waals surface area contributed by atoms with Gasteiger partial charge in [-0.3, -0.25) is 0 Å². The van der Waals surface area contributed by atoms with Gasteiger partial charge in [-0.1, -0.05) is 0 Å². The fourth-order valence-corrected chi connectivity index (χ4v) is 2.27. The highest BCUT2D eigenvalue weighted by molar-refractivity contribution is 4.83. The van der Waals surface area contributed by atoms with E-state index < -0.39 is 0 Å². The van der Waals surface area contributed by atoms with Crippen LogP contribution < -0.4 is 5.73 Å². The smallest absolute Gasteiger partial charge is 0.0226 e. The summed E-state index contributed by atoms with van der Waals surface area (Å²) in [6.07, 6.45) is 2.63. The Balaban J connectivity index is 2.39. The molecule has 1 aliphatic rings. The molecule has 0 bridgehead atoms. The first-order valence-corrected chi connectivity index (χ1v) is 5.56. The molecule has 0 aromatic heterocycles. The van der Waals surface area contributed by atoms with Gasteiger partial charge in [-0.2, -0.15) is 0 Å². The molecule has 0 radical (unpaired) electrons. The summed E-state index contributed by atoms with van der Waals surface area (Å²) < 4.78 is 0. The van der Waals surface area contributed by atoms with Gasteiger partial charge in [0.2, 0.25) is 0 Å². The first-order chi connectivity index (χ1) is 6.38. The van der Waals surface area contributed by atoms with Crippen LogP contribution in [0.15, 0.2) is 0 Å². The minimum Gasteiger partial charge on any atom is -0.324 e. The van der Waals surface area contributed by atoms with Crippen LogP contribution in [0.25, 0.3) is 0 Å². The highest BCUT2D eigenvalue weighted by Crippen LogP contribution is 2.14. The van der Waals surface area contributed by atoms with E-state index in [0.29, 0.717) is 6.04 Å². The zero-order chi connectivity index (χ0) is 10.8. The Hall–Kier alpha value is -0.120. The van der Waals surface area contributed by atoms with Crippen LogP contribution in [0.2, 0.25) is 0 Å². The summed E-state index contributed by atoms with van der Waals surface area (Å²) in [5, 5.41) is 0. The Morgan fingerprint density at radius 1 is 1.50 bits per heavy atom. The maximum atomic E-state index is 6.02. The fraction of sp³-hybridized carbons (Fsp3) is 1.00. The van der Waals surface area contributed by atoms with E-state index in [9.17, 15) is 0 Å². The monoisotopic (exact) mass is 199 g/mol. The van der Waals surface area contributed by atoms with Gasteiger partial charge < -0.3 is 15.5 Å². The van der Waals surface area contributed by atoms with E-state index in [4.69, 9.17) is 5.73 Å². The van der Waals surface area contributed by atoms with E-state index in [1.165, 1.54) is 25.9 Å². The lowest BCUT2D eigenvalue weighted by atomic mass is 10.0. The van der Waals surface area contributed by atoms with Gasteiger partial charge in [0.05, 0.1) is 0 Å². The molecule has 0 aromatic carbocycles. The highest BCUT2D eigenvalue weighted by Gasteiger charge is 2.24. The van der Waals surface area contributed by atoms with Crippen molar-refractivity contribution < 1.29 is 0 Å². The van der Waals surface area contributed by atoms with Crippen molar-refractivity contribution in [2.75, 3.05) is 33.7 Å². The van der Waals surface area contributed by atoms with E-state index in [1.54, 1.807) is 0 Å². The number of hydrogen-bond acceptors (Lipinski definition) is 3. The van der Waals surface area contributed by atoms with Gasteiger partial charge >= 0.3 is 0 Å². The third-order valence-electron chi connectivity index (χ3n) is 2.88. The molecule has 3 nitrogen and oxygen atoms in total. The molecule has 2 N–H and O–H groups in total. The van der Waals surface area contributed by atoms with Gasteiger partial charge in [0.15, 0.2) is 0 Å². The molecule has 0 spiro atoms. The normalized spacial score (nSPS) is 25.7. The van der Waals surface area contributed by atoms with Crippen molar-refractivity contribution in [2.45, 2.75) is 38.3 Å². The van der Waals surface area contributed by atoms with Gasteiger partial charge in [-0.25, -0.2) is 0 Å². The molecule has 1 fully saturated rings. The summed E-state index contributed by atoms with van der Waals surface area (Å²) in [4.78, 5) is 4.82. The average Bonchev–Trinajstić information content (AvgIpc) is 2.01. The lowest BCUT2D eigenvalue weighted by Gasteiger charge is -2.38. The number of hydrogen-bond donors (Lipinski definition) is 1. The summed E-state index contributed by atoms with van der Waals surface area (Å²) in [6, 6.07) is 0.691. The first-order valence-electron chi connectivity index (χ1n) is 5.56. The van der Waals surface area contributed by atoms with Crippen LogP contribution in [0.4, 0.5) is 0 Å². The molecule has 1 rings (SSSR count). The molecule has 1 atom stereocenters. The number of rotatable bonds is 3. The molecule has 84 valence electrons. The Labute approximate surface area is 88.2 Å². The van der Waals surface area contributed by atoms with Gasteiger partial charge in [0.25, 0.3) is 0 Å². The molecule has 0 aliphatic carbocycles. The standard InChI is InChI=1S/C11H25N3/c1-11(2,12)9-14(4)10-6-5-7-13(3)8-10/h10H,5-9,12H2,1-4H3. The van der Waals surface area contributed by atoms with E-state index >= 15 is 0 Å². The number of likely N-dealkylation sites (tertiary alicyclic amines) is 1. The number of nitrogens with zero attached hydrogens (tertiary/aromatic N) is 2. The van der Waals surface area contributed by atoms with Crippen LogP contribution in [0, 0.1) is 0 Å². The lowest BCUT2D eigenvalue weighted by Crippen LogP contribution is -2.51. The van der Waals surface area contributed by atoms with Crippen LogP contribution in [0.3, 0.4) is 0 Å². The van der Waals surface area contributed by atoms with Gasteiger partial charge in [-0.05, 0) is 47.3 Å². The van der Waals surface area contributed by atoms with Crippen LogP contribution in [-0.4, -0.2) is 55.1 Å². The summed E-state index contributed by atoms with van der Waals surface area (Å²) in [5.74, 6) is 0. The molecule has 1 heterocycles.